The number of nitrogens with zero attached hydrogens (tertiary/aromatic N) is 2. The maximum Gasteiger partial charge on any atom is 0.294 e. The highest BCUT2D eigenvalue weighted by Gasteiger charge is 2.38. The first-order valence-electron chi connectivity index (χ1n) is 8.60. The number of thioether (sulfide) groups is 1. The molecule has 4 rings (SSSR count). The highest BCUT2D eigenvalue weighted by molar-refractivity contribution is 8.18. The van der Waals surface area contributed by atoms with Crippen LogP contribution in [-0.2, 0) is 9.59 Å². The molecule has 2 N–H and O–H groups in total. The predicted octanol–water partition coefficient (Wildman–Crippen LogP) is 3.42. The summed E-state index contributed by atoms with van der Waals surface area (Å²) in [5.41, 5.74) is 2.45. The number of carbonyl (C=O) groups is 3. The molecule has 3 amide bonds. The lowest BCUT2D eigenvalue weighted by Crippen LogP contribution is -2.36. The van der Waals surface area contributed by atoms with Crippen molar-refractivity contribution in [2.24, 2.45) is 0 Å². The van der Waals surface area contributed by atoms with E-state index in [0.717, 1.165) is 65.2 Å². The number of imide groups is 1. The van der Waals surface area contributed by atoms with Crippen LogP contribution in [0.2, 0.25) is 0 Å². The number of rotatable bonds is 3. The van der Waals surface area contributed by atoms with E-state index in [9.17, 15) is 14.4 Å². The molecule has 0 radical (unpaired) electrons. The summed E-state index contributed by atoms with van der Waals surface area (Å²) in [4.78, 5) is 38.7. The van der Waals surface area contributed by atoms with E-state index in [4.69, 9.17) is 0 Å². The summed E-state index contributed by atoms with van der Waals surface area (Å²) in [7, 11) is 0. The summed E-state index contributed by atoms with van der Waals surface area (Å²) >= 11 is 0.963. The number of anilines is 1. The zero-order valence-electron chi connectivity index (χ0n) is 14.1. The molecule has 2 fully saturated rings. The van der Waals surface area contributed by atoms with Gasteiger partial charge in [-0.05, 0) is 55.6 Å². The Bertz CT molecular complexity index is 925. The summed E-state index contributed by atoms with van der Waals surface area (Å²) in [6.45, 7) is -0.275. The van der Waals surface area contributed by atoms with E-state index in [2.05, 4.69) is 15.5 Å². The largest absolute Gasteiger partial charge is 0.324 e. The number of amides is 3. The van der Waals surface area contributed by atoms with E-state index in [1.165, 1.54) is 0 Å². The van der Waals surface area contributed by atoms with Crippen molar-refractivity contribution >= 4 is 45.4 Å². The Kier molecular flexibility index (Phi) is 4.50. The van der Waals surface area contributed by atoms with Gasteiger partial charge in [-0.15, -0.1) is 0 Å². The maximum absolute atomic E-state index is 12.6. The zero-order chi connectivity index (χ0) is 18.1. The smallest absolute Gasteiger partial charge is 0.294 e. The Morgan fingerprint density at radius 1 is 1.23 bits per heavy atom. The van der Waals surface area contributed by atoms with Crippen LogP contribution in [-0.4, -0.2) is 38.7 Å². The molecule has 0 spiro atoms. The fourth-order valence-corrected chi connectivity index (χ4v) is 4.29. The highest BCUT2D eigenvalue weighted by Crippen LogP contribution is 2.38. The van der Waals surface area contributed by atoms with Gasteiger partial charge in [0.05, 0.1) is 16.6 Å². The summed E-state index contributed by atoms with van der Waals surface area (Å²) in [5, 5.41) is 10.1. The van der Waals surface area contributed by atoms with Crippen molar-refractivity contribution in [3.8, 4) is 0 Å². The van der Waals surface area contributed by atoms with Gasteiger partial charge in [0.2, 0.25) is 5.91 Å². The van der Waals surface area contributed by atoms with Gasteiger partial charge in [0.15, 0.2) is 0 Å². The van der Waals surface area contributed by atoms with Crippen molar-refractivity contribution in [3.05, 3.63) is 34.9 Å². The third-order valence-corrected chi connectivity index (χ3v) is 5.72. The Morgan fingerprint density at radius 3 is 2.85 bits per heavy atom. The van der Waals surface area contributed by atoms with Crippen molar-refractivity contribution in [1.82, 2.24) is 15.1 Å². The van der Waals surface area contributed by atoms with Gasteiger partial charge in [0, 0.05) is 11.1 Å². The molecular weight excluding hydrogens is 352 g/mol. The summed E-state index contributed by atoms with van der Waals surface area (Å²) in [5.74, 6) is -0.739. The first-order chi connectivity index (χ1) is 12.6. The fourth-order valence-electron chi connectivity index (χ4n) is 3.32. The molecule has 8 heteroatoms. The second-order valence-electron chi connectivity index (χ2n) is 6.47. The number of H-pyrrole nitrogens is 1. The summed E-state index contributed by atoms with van der Waals surface area (Å²) in [6.07, 6.45) is 6.70. The van der Waals surface area contributed by atoms with Gasteiger partial charge in [-0.1, -0.05) is 12.0 Å². The lowest BCUT2D eigenvalue weighted by atomic mass is 9.94. The van der Waals surface area contributed by atoms with Crippen molar-refractivity contribution in [3.63, 3.8) is 0 Å². The topological polar surface area (TPSA) is 95.2 Å². The monoisotopic (exact) mass is 370 g/mol. The van der Waals surface area contributed by atoms with Crippen LogP contribution in [0.3, 0.4) is 0 Å². The summed E-state index contributed by atoms with van der Waals surface area (Å²) in [6, 6.07) is 5.35. The van der Waals surface area contributed by atoms with Gasteiger partial charge in [-0.25, -0.2) is 0 Å². The van der Waals surface area contributed by atoms with Crippen LogP contribution < -0.4 is 5.32 Å². The Balaban J connectivity index is 1.45. The normalized spacial score (nSPS) is 18.1. The number of aromatic amines is 1. The van der Waals surface area contributed by atoms with E-state index < -0.39 is 5.91 Å². The maximum atomic E-state index is 12.6. The lowest BCUT2D eigenvalue weighted by molar-refractivity contribution is -0.127. The van der Waals surface area contributed by atoms with E-state index >= 15 is 0 Å². The molecule has 1 saturated carbocycles. The van der Waals surface area contributed by atoms with E-state index in [-0.39, 0.29) is 17.7 Å². The van der Waals surface area contributed by atoms with Crippen LogP contribution in [0.4, 0.5) is 10.5 Å². The molecule has 2 heterocycles. The molecule has 0 bridgehead atoms. The number of allylic oxidation sites excluding steroid dienone is 1. The molecule has 1 aliphatic heterocycles. The van der Waals surface area contributed by atoms with Crippen molar-refractivity contribution in [2.45, 2.75) is 32.1 Å². The second-order valence-corrected chi connectivity index (χ2v) is 7.43. The quantitative estimate of drug-likeness (QED) is 0.807. The van der Waals surface area contributed by atoms with E-state index in [0.29, 0.717) is 10.6 Å². The van der Waals surface area contributed by atoms with Gasteiger partial charge in [-0.3, -0.25) is 24.4 Å². The first-order valence-corrected chi connectivity index (χ1v) is 9.42. The zero-order valence-corrected chi connectivity index (χ0v) is 14.9. The molecule has 26 heavy (non-hydrogen) atoms. The number of aromatic nitrogens is 2. The SMILES string of the molecule is O=C(CN1C(=O)SC(=C2CCCCC2)C1=O)Nc1ccc2cn[nH]c2c1. The number of carbonyl (C=O) groups excluding carboxylic acids is 3. The molecule has 1 aliphatic carbocycles. The Hall–Kier alpha value is -2.61. The van der Waals surface area contributed by atoms with Gasteiger partial charge in [0.25, 0.3) is 11.1 Å². The average Bonchev–Trinajstić information content (AvgIpc) is 3.21. The standard InChI is InChI=1S/C18H18N4O3S/c23-15(20-13-7-6-12-9-19-21-14(12)8-13)10-22-17(24)16(26-18(22)25)11-4-2-1-3-5-11/h6-9H,1-5,10H2,(H,19,21)(H,20,23). The molecule has 0 atom stereocenters. The average molecular weight is 370 g/mol. The predicted molar refractivity (Wildman–Crippen MR) is 99.5 cm³/mol. The molecule has 7 nitrogen and oxygen atoms in total. The van der Waals surface area contributed by atoms with Crippen molar-refractivity contribution in [2.75, 3.05) is 11.9 Å². The van der Waals surface area contributed by atoms with Gasteiger partial charge in [0.1, 0.15) is 6.54 Å². The van der Waals surface area contributed by atoms with Gasteiger partial charge < -0.3 is 5.32 Å². The van der Waals surface area contributed by atoms with E-state index in [1.807, 2.05) is 6.07 Å². The molecule has 2 aromatic rings. The molecular formula is C18H18N4O3S. The molecule has 1 aromatic heterocycles. The number of benzene rings is 1. The van der Waals surface area contributed by atoms with Gasteiger partial charge in [-0.2, -0.15) is 5.10 Å². The first kappa shape index (κ1) is 16.8. The van der Waals surface area contributed by atoms with Crippen molar-refractivity contribution in [1.29, 1.82) is 0 Å². The number of hydrogen-bond donors (Lipinski definition) is 2. The number of nitrogens with one attached hydrogen (secondary N) is 2. The van der Waals surface area contributed by atoms with Crippen LogP contribution in [0.5, 0.6) is 0 Å². The lowest BCUT2D eigenvalue weighted by Gasteiger charge is -2.16. The molecule has 0 unspecified atom stereocenters. The van der Waals surface area contributed by atoms with Crippen molar-refractivity contribution < 1.29 is 14.4 Å². The van der Waals surface area contributed by atoms with Crippen LogP contribution in [0, 0.1) is 0 Å². The third-order valence-electron chi connectivity index (χ3n) is 4.65. The second kappa shape index (κ2) is 6.95. The Morgan fingerprint density at radius 2 is 2.04 bits per heavy atom. The van der Waals surface area contributed by atoms with Gasteiger partial charge >= 0.3 is 0 Å². The molecule has 2 aliphatic rings. The summed E-state index contributed by atoms with van der Waals surface area (Å²) < 4.78 is 0. The highest BCUT2D eigenvalue weighted by atomic mass is 32.2. The van der Waals surface area contributed by atoms with Crippen LogP contribution in [0.1, 0.15) is 32.1 Å². The number of fused-ring (bicyclic) bond motifs is 1. The minimum Gasteiger partial charge on any atom is -0.324 e. The molecule has 134 valence electrons. The fraction of sp³-hybridized carbons (Fsp3) is 0.333. The molecule has 1 aromatic carbocycles. The van der Waals surface area contributed by atoms with Crippen LogP contribution in [0.25, 0.3) is 10.9 Å². The minimum absolute atomic E-state index is 0.275. The minimum atomic E-state index is -0.402. The Labute approximate surface area is 154 Å². The molecule has 1 saturated heterocycles. The number of hydrogen-bond acceptors (Lipinski definition) is 5. The van der Waals surface area contributed by atoms with Crippen LogP contribution >= 0.6 is 11.8 Å². The van der Waals surface area contributed by atoms with E-state index in [1.54, 1.807) is 18.3 Å². The third kappa shape index (κ3) is 3.24. The van der Waals surface area contributed by atoms with Crippen LogP contribution in [0.15, 0.2) is 34.9 Å².